The highest BCUT2D eigenvalue weighted by molar-refractivity contribution is 5.82. The Balaban J connectivity index is 1.25. The van der Waals surface area contributed by atoms with Crippen LogP contribution in [0.2, 0.25) is 0 Å². The quantitative estimate of drug-likeness (QED) is 0.512. The highest BCUT2D eigenvalue weighted by Gasteiger charge is 2.22. The van der Waals surface area contributed by atoms with Gasteiger partial charge in [0.2, 0.25) is 0 Å². The van der Waals surface area contributed by atoms with Crippen LogP contribution in [0.4, 0.5) is 4.79 Å². The molecule has 2 amide bonds. The summed E-state index contributed by atoms with van der Waals surface area (Å²) in [6.07, 6.45) is 7.13. The third-order valence-electron chi connectivity index (χ3n) is 5.99. The van der Waals surface area contributed by atoms with E-state index in [1.54, 1.807) is 11.8 Å². The highest BCUT2D eigenvalue weighted by Crippen LogP contribution is 2.25. The van der Waals surface area contributed by atoms with E-state index in [2.05, 4.69) is 27.5 Å². The molecule has 33 heavy (non-hydrogen) atoms. The molecule has 0 unspecified atom stereocenters. The number of benzene rings is 1. The number of ether oxygens (including phenoxy) is 1. The van der Waals surface area contributed by atoms with Crippen molar-refractivity contribution in [3.8, 4) is 16.9 Å². The average Bonchev–Trinajstić information content (AvgIpc) is 3.28. The van der Waals surface area contributed by atoms with Crippen LogP contribution in [0.15, 0.2) is 55.0 Å². The topological polar surface area (TPSA) is 85.2 Å². The van der Waals surface area contributed by atoms with Crippen molar-refractivity contribution in [3.05, 3.63) is 71.8 Å². The number of nitrogens with one attached hydrogen (secondary N) is 1. The van der Waals surface area contributed by atoms with Crippen molar-refractivity contribution >= 4 is 17.1 Å². The van der Waals surface area contributed by atoms with Crippen molar-refractivity contribution in [2.24, 2.45) is 7.05 Å². The monoisotopic (exact) mass is 442 g/mol. The Morgan fingerprint density at radius 3 is 2.76 bits per heavy atom. The number of amides is 2. The van der Waals surface area contributed by atoms with Gasteiger partial charge in [0.15, 0.2) is 5.65 Å². The minimum atomic E-state index is -0.0449. The van der Waals surface area contributed by atoms with E-state index < -0.39 is 0 Å². The lowest BCUT2D eigenvalue weighted by Gasteiger charge is -2.28. The van der Waals surface area contributed by atoms with E-state index in [9.17, 15) is 4.79 Å². The molecule has 168 valence electrons. The maximum atomic E-state index is 12.8. The molecule has 3 aromatic heterocycles. The lowest BCUT2D eigenvalue weighted by Crippen LogP contribution is -2.43. The largest absolute Gasteiger partial charge is 0.497 e. The first-order valence-electron chi connectivity index (χ1n) is 11.0. The maximum absolute atomic E-state index is 12.8. The van der Waals surface area contributed by atoms with Gasteiger partial charge in [-0.25, -0.2) is 14.8 Å². The predicted octanol–water partition coefficient (Wildman–Crippen LogP) is 3.35. The highest BCUT2D eigenvalue weighted by atomic mass is 16.5. The van der Waals surface area contributed by atoms with Gasteiger partial charge in [-0.05, 0) is 41.8 Å². The van der Waals surface area contributed by atoms with Gasteiger partial charge >= 0.3 is 6.03 Å². The number of hydrogen-bond donors (Lipinski definition) is 1. The van der Waals surface area contributed by atoms with Crippen molar-refractivity contribution in [1.29, 1.82) is 0 Å². The second-order valence-electron chi connectivity index (χ2n) is 8.27. The molecule has 8 nitrogen and oxygen atoms in total. The fourth-order valence-corrected chi connectivity index (χ4v) is 4.14. The minimum Gasteiger partial charge on any atom is -0.497 e. The zero-order valence-electron chi connectivity index (χ0n) is 18.8. The lowest BCUT2D eigenvalue weighted by atomic mass is 10.0. The SMILES string of the molecule is COc1ccc(CCNC(=O)N2CCc3nc4ncc(-c5cnn(C)c5)cc4cc3C2)cc1. The van der Waals surface area contributed by atoms with E-state index in [1.165, 1.54) is 0 Å². The third-order valence-corrected chi connectivity index (χ3v) is 5.99. The first-order valence-corrected chi connectivity index (χ1v) is 11.0. The Bertz CT molecular complexity index is 1300. The summed E-state index contributed by atoms with van der Waals surface area (Å²) in [6.45, 7) is 1.78. The van der Waals surface area contributed by atoms with Crippen molar-refractivity contribution in [3.63, 3.8) is 0 Å². The van der Waals surface area contributed by atoms with E-state index in [0.717, 1.165) is 57.6 Å². The van der Waals surface area contributed by atoms with E-state index >= 15 is 0 Å². The number of carbonyl (C=O) groups is 1. The number of aryl methyl sites for hydroxylation is 1. The first-order chi connectivity index (χ1) is 16.1. The molecule has 0 atom stereocenters. The van der Waals surface area contributed by atoms with Crippen LogP contribution in [0.1, 0.15) is 16.8 Å². The molecule has 0 saturated heterocycles. The number of methoxy groups -OCH3 is 1. The Hall–Kier alpha value is -3.94. The van der Waals surface area contributed by atoms with E-state index in [-0.39, 0.29) is 6.03 Å². The summed E-state index contributed by atoms with van der Waals surface area (Å²) < 4.78 is 6.96. The maximum Gasteiger partial charge on any atom is 0.317 e. The summed E-state index contributed by atoms with van der Waals surface area (Å²) in [7, 11) is 3.55. The molecule has 0 fully saturated rings. The van der Waals surface area contributed by atoms with Gasteiger partial charge in [0.1, 0.15) is 5.75 Å². The summed E-state index contributed by atoms with van der Waals surface area (Å²) in [5, 5.41) is 8.25. The lowest BCUT2D eigenvalue weighted by molar-refractivity contribution is 0.192. The predicted molar refractivity (Wildman–Crippen MR) is 126 cm³/mol. The molecule has 0 radical (unpaired) electrons. The van der Waals surface area contributed by atoms with Gasteiger partial charge in [-0.15, -0.1) is 0 Å². The molecule has 1 aliphatic heterocycles. The van der Waals surface area contributed by atoms with Crippen LogP contribution < -0.4 is 10.1 Å². The van der Waals surface area contributed by atoms with Crippen molar-refractivity contribution < 1.29 is 9.53 Å². The molecule has 1 N–H and O–H groups in total. The van der Waals surface area contributed by atoms with Crippen molar-refractivity contribution in [2.75, 3.05) is 20.2 Å². The van der Waals surface area contributed by atoms with E-state index in [1.807, 2.05) is 54.8 Å². The molecule has 0 bridgehead atoms. The summed E-state index contributed by atoms with van der Waals surface area (Å²) in [4.78, 5) is 23.9. The molecular weight excluding hydrogens is 416 g/mol. The van der Waals surface area contributed by atoms with Gasteiger partial charge in [0, 0.05) is 67.7 Å². The Morgan fingerprint density at radius 2 is 2.00 bits per heavy atom. The molecule has 0 spiro atoms. The number of pyridine rings is 2. The number of rotatable bonds is 5. The van der Waals surface area contributed by atoms with Gasteiger partial charge in [0.05, 0.1) is 13.3 Å². The summed E-state index contributed by atoms with van der Waals surface area (Å²) in [6, 6.07) is 12.1. The second kappa shape index (κ2) is 8.90. The van der Waals surface area contributed by atoms with Crippen LogP contribution in [0, 0.1) is 0 Å². The van der Waals surface area contributed by atoms with Crippen LogP contribution in [0.5, 0.6) is 5.75 Å². The van der Waals surface area contributed by atoms with Gasteiger partial charge < -0.3 is 15.0 Å². The minimum absolute atomic E-state index is 0.0449. The molecular formula is C25H26N6O2. The van der Waals surface area contributed by atoms with Gasteiger partial charge in [-0.3, -0.25) is 4.68 Å². The number of aromatic nitrogens is 4. The summed E-state index contributed by atoms with van der Waals surface area (Å²) in [5.74, 6) is 0.832. The molecule has 1 aliphatic rings. The fraction of sp³-hybridized carbons (Fsp3) is 0.280. The zero-order valence-corrected chi connectivity index (χ0v) is 18.8. The van der Waals surface area contributed by atoms with Gasteiger partial charge in [-0.1, -0.05) is 12.1 Å². The molecule has 5 rings (SSSR count). The summed E-state index contributed by atoms with van der Waals surface area (Å²) in [5.41, 5.74) is 6.01. The van der Waals surface area contributed by atoms with Gasteiger partial charge in [-0.2, -0.15) is 5.10 Å². The number of fused-ring (bicyclic) bond motifs is 2. The van der Waals surface area contributed by atoms with E-state index in [4.69, 9.17) is 9.72 Å². The molecule has 8 heteroatoms. The van der Waals surface area contributed by atoms with Crippen LogP contribution in [0.3, 0.4) is 0 Å². The van der Waals surface area contributed by atoms with Crippen molar-refractivity contribution in [2.45, 2.75) is 19.4 Å². The average molecular weight is 443 g/mol. The standard InChI is InChI=1S/C25H26N6O2/c1-30-15-21(14-28-30)19-11-18-12-20-16-31(10-8-23(20)29-24(18)27-13-19)25(32)26-9-7-17-3-5-22(33-2)6-4-17/h3-6,11-15H,7-10,16H2,1-2H3,(H,26,32). The second-order valence-corrected chi connectivity index (χ2v) is 8.27. The van der Waals surface area contributed by atoms with Gasteiger partial charge in [0.25, 0.3) is 0 Å². The van der Waals surface area contributed by atoms with Crippen LogP contribution >= 0.6 is 0 Å². The molecule has 4 aromatic rings. The normalized spacial score (nSPS) is 13.1. The number of carbonyl (C=O) groups excluding carboxylic acids is 1. The van der Waals surface area contributed by atoms with Crippen molar-refractivity contribution in [1.82, 2.24) is 30.0 Å². The van der Waals surface area contributed by atoms with Crippen LogP contribution in [-0.4, -0.2) is 50.9 Å². The third kappa shape index (κ3) is 4.50. The van der Waals surface area contributed by atoms with Crippen LogP contribution in [-0.2, 0) is 26.4 Å². The fourth-order valence-electron chi connectivity index (χ4n) is 4.14. The molecule has 0 saturated carbocycles. The number of hydrogen-bond acceptors (Lipinski definition) is 5. The smallest absolute Gasteiger partial charge is 0.317 e. The molecule has 1 aromatic carbocycles. The molecule has 4 heterocycles. The number of nitrogens with zero attached hydrogens (tertiary/aromatic N) is 5. The number of urea groups is 1. The Morgan fingerprint density at radius 1 is 1.15 bits per heavy atom. The zero-order chi connectivity index (χ0) is 22.8. The summed E-state index contributed by atoms with van der Waals surface area (Å²) >= 11 is 0. The Kier molecular flexibility index (Phi) is 5.64. The first kappa shape index (κ1) is 20.9. The molecule has 0 aliphatic carbocycles. The van der Waals surface area contributed by atoms with E-state index in [0.29, 0.717) is 19.6 Å². The Labute approximate surface area is 192 Å². The van der Waals surface area contributed by atoms with Crippen LogP contribution in [0.25, 0.3) is 22.2 Å².